The minimum atomic E-state index is -0.193. The molecule has 1 saturated heterocycles. The first-order chi connectivity index (χ1) is 10.8. The lowest BCUT2D eigenvalue weighted by Crippen LogP contribution is -2.20. The summed E-state index contributed by atoms with van der Waals surface area (Å²) in [6, 6.07) is 17.3. The molecular formula is C19H22FNO. The molecule has 0 saturated carbocycles. The number of benzene rings is 2. The summed E-state index contributed by atoms with van der Waals surface area (Å²) in [5.41, 5.74) is 2.49. The van der Waals surface area contributed by atoms with Crippen molar-refractivity contribution in [3.05, 3.63) is 71.5 Å². The van der Waals surface area contributed by atoms with E-state index in [9.17, 15) is 9.50 Å². The average Bonchev–Trinajstić information content (AvgIpc) is 2.92. The molecule has 0 aliphatic carbocycles. The van der Waals surface area contributed by atoms with E-state index in [1.54, 1.807) is 0 Å². The summed E-state index contributed by atoms with van der Waals surface area (Å²) in [4.78, 5) is 2.43. The molecule has 0 radical (unpaired) electrons. The van der Waals surface area contributed by atoms with Crippen molar-refractivity contribution in [2.24, 2.45) is 5.92 Å². The third kappa shape index (κ3) is 3.54. The van der Waals surface area contributed by atoms with Crippen molar-refractivity contribution in [3.63, 3.8) is 0 Å². The highest BCUT2D eigenvalue weighted by Gasteiger charge is 2.33. The van der Waals surface area contributed by atoms with Crippen LogP contribution in [0.25, 0.3) is 0 Å². The Bertz CT molecular complexity index is 584. The van der Waals surface area contributed by atoms with Gasteiger partial charge in [0.05, 0.1) is 0 Å². The highest BCUT2D eigenvalue weighted by Crippen LogP contribution is 2.35. The molecule has 22 heavy (non-hydrogen) atoms. The van der Waals surface area contributed by atoms with Crippen LogP contribution >= 0.6 is 0 Å². The molecule has 2 atom stereocenters. The maximum atomic E-state index is 13.1. The number of halogens is 1. The smallest absolute Gasteiger partial charge is 0.123 e. The first kappa shape index (κ1) is 15.2. The van der Waals surface area contributed by atoms with Gasteiger partial charge in [-0.3, -0.25) is 4.90 Å². The van der Waals surface area contributed by atoms with Crippen molar-refractivity contribution in [3.8, 4) is 0 Å². The van der Waals surface area contributed by atoms with E-state index in [4.69, 9.17) is 0 Å². The molecular weight excluding hydrogens is 277 g/mol. The third-order valence-electron chi connectivity index (χ3n) is 4.56. The molecule has 1 N–H and O–H groups in total. The summed E-state index contributed by atoms with van der Waals surface area (Å²) in [5, 5.41) is 9.33. The van der Waals surface area contributed by atoms with E-state index in [-0.39, 0.29) is 12.4 Å². The lowest BCUT2D eigenvalue weighted by molar-refractivity contribution is 0.246. The van der Waals surface area contributed by atoms with Crippen LogP contribution in [0.15, 0.2) is 54.6 Å². The Kier molecular flexibility index (Phi) is 4.86. The van der Waals surface area contributed by atoms with Crippen molar-refractivity contribution in [1.29, 1.82) is 0 Å². The van der Waals surface area contributed by atoms with Gasteiger partial charge in [-0.05, 0) is 35.6 Å². The van der Waals surface area contributed by atoms with Gasteiger partial charge in [0, 0.05) is 32.2 Å². The van der Waals surface area contributed by atoms with Crippen LogP contribution in [-0.4, -0.2) is 29.7 Å². The Balaban J connectivity index is 1.73. The average molecular weight is 299 g/mol. The number of aliphatic hydroxyl groups excluding tert-OH is 1. The van der Waals surface area contributed by atoms with Gasteiger partial charge in [0.15, 0.2) is 0 Å². The fraction of sp³-hybridized carbons (Fsp3) is 0.368. The highest BCUT2D eigenvalue weighted by molar-refractivity contribution is 5.24. The predicted molar refractivity (Wildman–Crippen MR) is 86.1 cm³/mol. The van der Waals surface area contributed by atoms with Crippen molar-refractivity contribution in [2.75, 3.05) is 19.7 Å². The number of aliphatic hydroxyl groups is 1. The summed E-state index contributed by atoms with van der Waals surface area (Å²) in [5.74, 6) is 0.609. The van der Waals surface area contributed by atoms with Crippen LogP contribution in [-0.2, 0) is 6.54 Å². The van der Waals surface area contributed by atoms with Crippen LogP contribution in [0.5, 0.6) is 0 Å². The van der Waals surface area contributed by atoms with Crippen molar-refractivity contribution < 1.29 is 9.50 Å². The van der Waals surface area contributed by atoms with Crippen LogP contribution in [0, 0.1) is 11.7 Å². The van der Waals surface area contributed by atoms with Crippen molar-refractivity contribution in [2.45, 2.75) is 18.9 Å². The molecule has 2 aromatic carbocycles. The lowest BCUT2D eigenvalue weighted by Gasteiger charge is -2.17. The standard InChI is InChI=1S/C19H22FNO/c20-18-8-6-16(7-9-18)19-14-21(13-17(19)10-11-22)12-15-4-2-1-3-5-15/h1-9,17,19,22H,10-14H2/t17?,19-/m0/s1. The van der Waals surface area contributed by atoms with E-state index in [1.807, 2.05) is 18.2 Å². The van der Waals surface area contributed by atoms with Crippen LogP contribution in [0.4, 0.5) is 4.39 Å². The Morgan fingerprint density at radius 3 is 2.41 bits per heavy atom. The largest absolute Gasteiger partial charge is 0.396 e. The van der Waals surface area contributed by atoms with Gasteiger partial charge in [-0.25, -0.2) is 4.39 Å². The number of hydrogen-bond donors (Lipinski definition) is 1. The normalized spacial score (nSPS) is 22.1. The molecule has 0 amide bonds. The Hall–Kier alpha value is -1.71. The third-order valence-corrected chi connectivity index (χ3v) is 4.56. The second-order valence-corrected chi connectivity index (χ2v) is 6.11. The predicted octanol–water partition coefficient (Wildman–Crippen LogP) is 3.42. The minimum absolute atomic E-state index is 0.193. The second-order valence-electron chi connectivity index (χ2n) is 6.11. The Morgan fingerprint density at radius 2 is 1.73 bits per heavy atom. The number of likely N-dealkylation sites (tertiary alicyclic amines) is 1. The van der Waals surface area contributed by atoms with Gasteiger partial charge in [-0.1, -0.05) is 42.5 Å². The summed E-state index contributed by atoms with van der Waals surface area (Å²) < 4.78 is 13.1. The van der Waals surface area contributed by atoms with E-state index in [0.29, 0.717) is 11.8 Å². The second kappa shape index (κ2) is 7.03. The quantitative estimate of drug-likeness (QED) is 0.914. The van der Waals surface area contributed by atoms with Gasteiger partial charge in [0.25, 0.3) is 0 Å². The van der Waals surface area contributed by atoms with Crippen LogP contribution in [0.2, 0.25) is 0 Å². The molecule has 3 rings (SSSR count). The van der Waals surface area contributed by atoms with Crippen LogP contribution in [0.3, 0.4) is 0 Å². The zero-order valence-corrected chi connectivity index (χ0v) is 12.7. The van der Waals surface area contributed by atoms with E-state index in [1.165, 1.54) is 23.3 Å². The Morgan fingerprint density at radius 1 is 1.00 bits per heavy atom. The molecule has 2 nitrogen and oxygen atoms in total. The molecule has 0 aromatic heterocycles. The first-order valence-electron chi connectivity index (χ1n) is 7.89. The molecule has 116 valence electrons. The molecule has 0 bridgehead atoms. The van der Waals surface area contributed by atoms with Crippen LogP contribution < -0.4 is 0 Å². The molecule has 0 spiro atoms. The molecule has 1 unspecified atom stereocenters. The van der Waals surface area contributed by atoms with Gasteiger partial charge < -0.3 is 5.11 Å². The maximum Gasteiger partial charge on any atom is 0.123 e. The van der Waals surface area contributed by atoms with Gasteiger partial charge >= 0.3 is 0 Å². The monoisotopic (exact) mass is 299 g/mol. The van der Waals surface area contributed by atoms with E-state index < -0.39 is 0 Å². The van der Waals surface area contributed by atoms with Crippen molar-refractivity contribution >= 4 is 0 Å². The summed E-state index contributed by atoms with van der Waals surface area (Å²) in [6.07, 6.45) is 0.799. The van der Waals surface area contributed by atoms with E-state index in [2.05, 4.69) is 29.2 Å². The lowest BCUT2D eigenvalue weighted by atomic mass is 9.87. The minimum Gasteiger partial charge on any atom is -0.396 e. The van der Waals surface area contributed by atoms with E-state index in [0.717, 1.165) is 26.1 Å². The SMILES string of the molecule is OCCC1CN(Cc2ccccc2)C[C@H]1c1ccc(F)cc1. The molecule has 1 heterocycles. The summed E-state index contributed by atoms with van der Waals surface area (Å²) in [6.45, 7) is 3.09. The first-order valence-corrected chi connectivity index (χ1v) is 7.89. The molecule has 3 heteroatoms. The summed E-state index contributed by atoms with van der Waals surface area (Å²) in [7, 11) is 0. The van der Waals surface area contributed by atoms with E-state index >= 15 is 0 Å². The summed E-state index contributed by atoms with van der Waals surface area (Å²) >= 11 is 0. The van der Waals surface area contributed by atoms with Gasteiger partial charge in [-0.2, -0.15) is 0 Å². The van der Waals surface area contributed by atoms with Gasteiger partial charge in [0.1, 0.15) is 5.82 Å². The molecule has 1 aliphatic heterocycles. The number of rotatable bonds is 5. The van der Waals surface area contributed by atoms with Gasteiger partial charge in [-0.15, -0.1) is 0 Å². The van der Waals surface area contributed by atoms with Crippen LogP contribution in [0.1, 0.15) is 23.5 Å². The number of nitrogens with zero attached hydrogens (tertiary/aromatic N) is 1. The number of hydrogen-bond acceptors (Lipinski definition) is 2. The van der Waals surface area contributed by atoms with Gasteiger partial charge in [0.2, 0.25) is 0 Å². The molecule has 1 fully saturated rings. The van der Waals surface area contributed by atoms with Crippen molar-refractivity contribution in [1.82, 2.24) is 4.90 Å². The highest BCUT2D eigenvalue weighted by atomic mass is 19.1. The zero-order valence-electron chi connectivity index (χ0n) is 12.7. The topological polar surface area (TPSA) is 23.5 Å². The molecule has 2 aromatic rings. The maximum absolute atomic E-state index is 13.1. The Labute approximate surface area is 131 Å². The fourth-order valence-corrected chi connectivity index (χ4v) is 3.48. The zero-order chi connectivity index (χ0) is 15.4. The fourth-order valence-electron chi connectivity index (χ4n) is 3.48. The molecule has 1 aliphatic rings.